The molecule has 0 aromatic rings. The van der Waals surface area contributed by atoms with Gasteiger partial charge < -0.3 is 10.6 Å². The summed E-state index contributed by atoms with van der Waals surface area (Å²) >= 11 is 0. The second kappa shape index (κ2) is 2.88. The lowest BCUT2D eigenvalue weighted by molar-refractivity contribution is -0.117. The number of Topliss-reactive ketones (excluding diaryl/α,β-unsaturated/α-hetero) is 1. The molecule has 4 aliphatic rings. The van der Waals surface area contributed by atoms with Crippen molar-refractivity contribution in [3.8, 4) is 0 Å². The van der Waals surface area contributed by atoms with E-state index in [9.17, 15) is 4.79 Å². The van der Waals surface area contributed by atoms with Gasteiger partial charge in [-0.05, 0) is 6.42 Å². The van der Waals surface area contributed by atoms with Crippen LogP contribution in [0.3, 0.4) is 0 Å². The lowest BCUT2D eigenvalue weighted by Gasteiger charge is -2.25. The molecule has 1 atom stereocenters. The van der Waals surface area contributed by atoms with Crippen LogP contribution in [0.1, 0.15) is 19.3 Å². The summed E-state index contributed by atoms with van der Waals surface area (Å²) in [6.45, 7) is 1.51. The smallest absolute Gasteiger partial charge is 0.227 e. The number of aliphatic imine (C=N–C) groups is 2. The van der Waals surface area contributed by atoms with Crippen LogP contribution in [-0.4, -0.2) is 41.6 Å². The predicted molar refractivity (Wildman–Crippen MR) is 62.4 cm³/mol. The average molecular weight is 231 g/mol. The Bertz CT molecular complexity index is 506. The van der Waals surface area contributed by atoms with E-state index >= 15 is 0 Å². The molecule has 0 aromatic heterocycles. The van der Waals surface area contributed by atoms with E-state index in [4.69, 9.17) is 0 Å². The summed E-state index contributed by atoms with van der Waals surface area (Å²) in [5.74, 6) is 2.12. The molecule has 3 heterocycles. The zero-order valence-corrected chi connectivity index (χ0v) is 9.36. The van der Waals surface area contributed by atoms with Crippen LogP contribution in [0.2, 0.25) is 0 Å². The zero-order valence-electron chi connectivity index (χ0n) is 9.36. The largest absolute Gasteiger partial charge is 0.364 e. The second-order valence-corrected chi connectivity index (χ2v) is 4.99. The first-order valence-electron chi connectivity index (χ1n) is 5.91. The van der Waals surface area contributed by atoms with Gasteiger partial charge in [-0.15, -0.1) is 0 Å². The van der Waals surface area contributed by atoms with Gasteiger partial charge in [0.25, 0.3) is 0 Å². The SMILES string of the molecule is O=C1CCC2(C1)CN1C(=N2)N=CC2=C1NCN2. The van der Waals surface area contributed by atoms with Crippen LogP contribution in [0.5, 0.6) is 0 Å². The molecule has 6 heteroatoms. The van der Waals surface area contributed by atoms with Crippen molar-refractivity contribution in [3.63, 3.8) is 0 Å². The maximum Gasteiger partial charge on any atom is 0.227 e. The molecule has 1 aliphatic carbocycles. The quantitative estimate of drug-likeness (QED) is 0.592. The molecule has 1 unspecified atom stereocenters. The number of nitrogens with one attached hydrogen (secondary N) is 2. The third-order valence-corrected chi connectivity index (χ3v) is 3.80. The molecule has 88 valence electrons. The van der Waals surface area contributed by atoms with Crippen molar-refractivity contribution in [1.82, 2.24) is 15.5 Å². The average Bonchev–Trinajstić information content (AvgIpc) is 2.97. The van der Waals surface area contributed by atoms with Gasteiger partial charge in [0.15, 0.2) is 0 Å². The molecule has 6 nitrogen and oxygen atoms in total. The van der Waals surface area contributed by atoms with Gasteiger partial charge >= 0.3 is 0 Å². The van der Waals surface area contributed by atoms with E-state index in [1.54, 1.807) is 6.21 Å². The van der Waals surface area contributed by atoms with Crippen molar-refractivity contribution in [2.75, 3.05) is 13.2 Å². The molecule has 1 spiro atoms. The number of nitrogens with zero attached hydrogens (tertiary/aromatic N) is 3. The first kappa shape index (κ1) is 9.21. The molecule has 2 N–H and O–H groups in total. The molecule has 3 aliphatic heterocycles. The highest BCUT2D eigenvalue weighted by Gasteiger charge is 2.47. The minimum absolute atomic E-state index is 0.212. The standard InChI is InChI=1S/C11H13N5O/c17-7-1-2-11(3-7)5-16-9-8(13-6-14-9)4-12-10(16)15-11/h4,13-14H,1-3,5-6H2. The molecular formula is C11H13N5O. The van der Waals surface area contributed by atoms with Crippen LogP contribution in [0.4, 0.5) is 0 Å². The molecule has 4 rings (SSSR count). The van der Waals surface area contributed by atoms with Gasteiger partial charge in [-0.3, -0.25) is 9.69 Å². The van der Waals surface area contributed by atoms with Crippen molar-refractivity contribution in [2.45, 2.75) is 24.8 Å². The van der Waals surface area contributed by atoms with Crippen molar-refractivity contribution in [1.29, 1.82) is 0 Å². The Hall–Kier alpha value is -1.85. The summed E-state index contributed by atoms with van der Waals surface area (Å²) in [5, 5.41) is 6.50. The number of hydrogen-bond donors (Lipinski definition) is 2. The molecule has 0 aromatic carbocycles. The van der Waals surface area contributed by atoms with Crippen LogP contribution < -0.4 is 10.6 Å². The summed E-state index contributed by atoms with van der Waals surface area (Å²) in [7, 11) is 0. The second-order valence-electron chi connectivity index (χ2n) is 4.99. The van der Waals surface area contributed by atoms with Gasteiger partial charge in [0.05, 0.1) is 30.7 Å². The van der Waals surface area contributed by atoms with Gasteiger partial charge in [-0.2, -0.15) is 0 Å². The Balaban J connectivity index is 1.71. The highest BCUT2D eigenvalue weighted by molar-refractivity contribution is 5.99. The fourth-order valence-corrected chi connectivity index (χ4v) is 2.97. The van der Waals surface area contributed by atoms with Gasteiger partial charge in [0, 0.05) is 12.8 Å². The lowest BCUT2D eigenvalue weighted by Crippen LogP contribution is -2.38. The maximum atomic E-state index is 11.5. The van der Waals surface area contributed by atoms with E-state index in [0.29, 0.717) is 18.6 Å². The van der Waals surface area contributed by atoms with E-state index in [1.807, 2.05) is 0 Å². The normalized spacial score (nSPS) is 33.8. The number of ketones is 1. The molecule has 0 saturated heterocycles. The third kappa shape index (κ3) is 1.18. The van der Waals surface area contributed by atoms with Crippen molar-refractivity contribution in [3.05, 3.63) is 11.5 Å². The van der Waals surface area contributed by atoms with Crippen LogP contribution >= 0.6 is 0 Å². The van der Waals surface area contributed by atoms with Crippen LogP contribution in [0.25, 0.3) is 0 Å². The molecular weight excluding hydrogens is 218 g/mol. The number of allylic oxidation sites excluding steroid dienone is 1. The van der Waals surface area contributed by atoms with Gasteiger partial charge in [0.1, 0.15) is 11.6 Å². The number of rotatable bonds is 0. The summed E-state index contributed by atoms with van der Waals surface area (Å²) in [6, 6.07) is 0. The fraction of sp³-hybridized carbons (Fsp3) is 0.545. The molecule has 1 fully saturated rings. The van der Waals surface area contributed by atoms with E-state index in [2.05, 4.69) is 25.5 Å². The van der Waals surface area contributed by atoms with Gasteiger partial charge in [0.2, 0.25) is 5.96 Å². The Kier molecular flexibility index (Phi) is 1.56. The fourth-order valence-electron chi connectivity index (χ4n) is 2.97. The summed E-state index contributed by atoms with van der Waals surface area (Å²) in [6.07, 6.45) is 3.89. The monoisotopic (exact) mass is 231 g/mol. The van der Waals surface area contributed by atoms with Crippen LogP contribution in [0, 0.1) is 0 Å². The highest BCUT2D eigenvalue weighted by Crippen LogP contribution is 2.38. The summed E-state index contributed by atoms with van der Waals surface area (Å²) in [5.41, 5.74) is 0.807. The third-order valence-electron chi connectivity index (χ3n) is 3.80. The number of carbonyl (C=O) groups excluding carboxylic acids is 1. The lowest BCUT2D eigenvalue weighted by atomic mass is 9.99. The van der Waals surface area contributed by atoms with Crippen molar-refractivity contribution in [2.24, 2.45) is 9.98 Å². The Morgan fingerprint density at radius 1 is 1.41 bits per heavy atom. The highest BCUT2D eigenvalue weighted by atomic mass is 16.1. The number of hydrogen-bond acceptors (Lipinski definition) is 6. The predicted octanol–water partition coefficient (Wildman–Crippen LogP) is -0.446. The van der Waals surface area contributed by atoms with E-state index in [0.717, 1.165) is 37.1 Å². The molecule has 0 amide bonds. The molecule has 0 radical (unpaired) electrons. The maximum absolute atomic E-state index is 11.5. The Morgan fingerprint density at radius 3 is 3.18 bits per heavy atom. The number of fused-ring (bicyclic) bond motifs is 2. The molecule has 17 heavy (non-hydrogen) atoms. The van der Waals surface area contributed by atoms with Crippen LogP contribution in [-0.2, 0) is 4.79 Å². The van der Waals surface area contributed by atoms with Crippen molar-refractivity contribution < 1.29 is 4.79 Å². The summed E-state index contributed by atoms with van der Waals surface area (Å²) < 4.78 is 0. The van der Waals surface area contributed by atoms with E-state index in [-0.39, 0.29) is 5.54 Å². The minimum atomic E-state index is -0.212. The minimum Gasteiger partial charge on any atom is -0.364 e. The Labute approximate surface area is 98.5 Å². The Morgan fingerprint density at radius 2 is 2.35 bits per heavy atom. The summed E-state index contributed by atoms with van der Waals surface area (Å²) in [4.78, 5) is 22.6. The van der Waals surface area contributed by atoms with E-state index < -0.39 is 0 Å². The molecule has 0 bridgehead atoms. The first-order valence-corrected chi connectivity index (χ1v) is 5.91. The van der Waals surface area contributed by atoms with Gasteiger partial charge in [-0.25, -0.2) is 9.98 Å². The number of guanidine groups is 1. The van der Waals surface area contributed by atoms with Gasteiger partial charge in [-0.1, -0.05) is 0 Å². The number of carbonyl (C=O) groups is 1. The topological polar surface area (TPSA) is 69.1 Å². The first-order chi connectivity index (χ1) is 8.26. The zero-order chi connectivity index (χ0) is 11.5. The van der Waals surface area contributed by atoms with Crippen molar-refractivity contribution >= 4 is 18.0 Å². The van der Waals surface area contributed by atoms with Crippen LogP contribution in [0.15, 0.2) is 21.5 Å². The molecule has 1 saturated carbocycles. The van der Waals surface area contributed by atoms with E-state index in [1.165, 1.54) is 0 Å².